The molecule has 5 nitrogen and oxygen atoms in total. The fourth-order valence-electron chi connectivity index (χ4n) is 1.70. The first-order valence-corrected chi connectivity index (χ1v) is 8.32. The number of sulfonamides is 1. The molecule has 0 rings (SSSR count). The smallest absolute Gasteiger partial charge is 0.320 e. The molecule has 0 radical (unpaired) electrons. The molecular formula is C12H25NO4S. The zero-order valence-electron chi connectivity index (χ0n) is 11.2. The van der Waals surface area contributed by atoms with E-state index in [0.717, 1.165) is 19.3 Å². The van der Waals surface area contributed by atoms with E-state index in [-0.39, 0.29) is 0 Å². The van der Waals surface area contributed by atoms with E-state index in [1.807, 2.05) is 0 Å². The number of carboxylic acid groups (broad SMARTS) is 1. The second kappa shape index (κ2) is 10.3. The van der Waals surface area contributed by atoms with Crippen LogP contribution in [0.25, 0.3) is 0 Å². The highest BCUT2D eigenvalue weighted by Crippen LogP contribution is 2.07. The number of carbonyl (C=O) groups is 1. The summed E-state index contributed by atoms with van der Waals surface area (Å²) in [5.41, 5.74) is 0. The van der Waals surface area contributed by atoms with Crippen molar-refractivity contribution in [3.63, 3.8) is 0 Å². The molecule has 18 heavy (non-hydrogen) atoms. The fraction of sp³-hybridized carbons (Fsp3) is 0.917. The standard InChI is InChI=1S/C12H25NO4S/c1-2-3-4-5-6-7-8-9-10-13-18(16,17)11-12(14)15/h13H,2-11H2,1H3,(H,14,15). The highest BCUT2D eigenvalue weighted by Gasteiger charge is 2.13. The zero-order chi connectivity index (χ0) is 13.9. The van der Waals surface area contributed by atoms with Crippen LogP contribution >= 0.6 is 0 Å². The van der Waals surface area contributed by atoms with Gasteiger partial charge in [-0.1, -0.05) is 51.9 Å². The van der Waals surface area contributed by atoms with E-state index >= 15 is 0 Å². The van der Waals surface area contributed by atoms with Crippen molar-refractivity contribution >= 4 is 16.0 Å². The lowest BCUT2D eigenvalue weighted by Crippen LogP contribution is -2.30. The molecule has 0 aromatic carbocycles. The summed E-state index contributed by atoms with van der Waals surface area (Å²) in [7, 11) is -3.64. The first-order chi connectivity index (χ1) is 8.48. The number of hydrogen-bond donors (Lipinski definition) is 2. The van der Waals surface area contributed by atoms with Gasteiger partial charge in [0.2, 0.25) is 10.0 Å². The summed E-state index contributed by atoms with van der Waals surface area (Å²) < 4.78 is 24.6. The van der Waals surface area contributed by atoms with Gasteiger partial charge < -0.3 is 5.11 Å². The van der Waals surface area contributed by atoms with E-state index in [0.29, 0.717) is 6.54 Å². The van der Waals surface area contributed by atoms with Crippen molar-refractivity contribution in [2.24, 2.45) is 0 Å². The Bertz CT molecular complexity index is 314. The van der Waals surface area contributed by atoms with E-state index in [2.05, 4.69) is 11.6 Å². The zero-order valence-corrected chi connectivity index (χ0v) is 12.0. The van der Waals surface area contributed by atoms with Crippen molar-refractivity contribution in [1.82, 2.24) is 4.72 Å². The summed E-state index contributed by atoms with van der Waals surface area (Å²) in [6.45, 7) is 2.52. The van der Waals surface area contributed by atoms with Crippen LogP contribution in [0.5, 0.6) is 0 Å². The summed E-state index contributed by atoms with van der Waals surface area (Å²) in [5.74, 6) is -2.16. The van der Waals surface area contributed by atoms with E-state index in [1.54, 1.807) is 0 Å². The molecule has 0 aliphatic carbocycles. The Kier molecular flexibility index (Phi) is 9.96. The van der Waals surface area contributed by atoms with Crippen LogP contribution in [-0.2, 0) is 14.8 Å². The Morgan fingerprint density at radius 3 is 2.00 bits per heavy atom. The lowest BCUT2D eigenvalue weighted by atomic mass is 10.1. The molecule has 0 aromatic rings. The monoisotopic (exact) mass is 279 g/mol. The normalized spacial score (nSPS) is 11.6. The van der Waals surface area contributed by atoms with Crippen LogP contribution in [0.3, 0.4) is 0 Å². The Hall–Kier alpha value is -0.620. The SMILES string of the molecule is CCCCCCCCCCNS(=O)(=O)CC(=O)O. The summed E-state index contributed by atoms with van der Waals surface area (Å²) in [5, 5.41) is 8.37. The minimum Gasteiger partial charge on any atom is -0.480 e. The third-order valence-electron chi connectivity index (χ3n) is 2.67. The number of aliphatic carboxylic acids is 1. The molecule has 0 aromatic heterocycles. The fourth-order valence-corrected chi connectivity index (χ4v) is 2.58. The van der Waals surface area contributed by atoms with Gasteiger partial charge in [-0.25, -0.2) is 13.1 Å². The molecule has 0 aliphatic rings. The van der Waals surface area contributed by atoms with Crippen molar-refractivity contribution in [3.8, 4) is 0 Å². The van der Waals surface area contributed by atoms with Crippen LogP contribution in [0.4, 0.5) is 0 Å². The van der Waals surface area contributed by atoms with E-state index in [4.69, 9.17) is 5.11 Å². The van der Waals surface area contributed by atoms with E-state index < -0.39 is 21.7 Å². The van der Waals surface area contributed by atoms with E-state index in [9.17, 15) is 13.2 Å². The lowest BCUT2D eigenvalue weighted by Gasteiger charge is -2.04. The molecular weight excluding hydrogens is 254 g/mol. The number of rotatable bonds is 12. The third-order valence-corrected chi connectivity index (χ3v) is 3.94. The van der Waals surface area contributed by atoms with Gasteiger partial charge in [0.15, 0.2) is 5.75 Å². The molecule has 0 heterocycles. The van der Waals surface area contributed by atoms with Crippen LogP contribution in [0.15, 0.2) is 0 Å². The largest absolute Gasteiger partial charge is 0.480 e. The Morgan fingerprint density at radius 1 is 1.00 bits per heavy atom. The van der Waals surface area contributed by atoms with Gasteiger partial charge in [0.1, 0.15) is 0 Å². The third kappa shape index (κ3) is 11.9. The maximum atomic E-state index is 11.2. The predicted molar refractivity (Wildman–Crippen MR) is 72.0 cm³/mol. The van der Waals surface area contributed by atoms with Crippen LogP contribution in [0, 0.1) is 0 Å². The Labute approximate surface area is 110 Å². The average molecular weight is 279 g/mol. The molecule has 0 saturated heterocycles. The molecule has 0 aliphatic heterocycles. The summed E-state index contributed by atoms with van der Waals surface area (Å²) >= 11 is 0. The van der Waals surface area contributed by atoms with E-state index in [1.165, 1.54) is 32.1 Å². The average Bonchev–Trinajstić information content (AvgIpc) is 2.25. The van der Waals surface area contributed by atoms with Crippen molar-refractivity contribution in [3.05, 3.63) is 0 Å². The molecule has 0 saturated carbocycles. The second-order valence-electron chi connectivity index (χ2n) is 4.52. The first-order valence-electron chi connectivity index (χ1n) is 6.67. The van der Waals surface area contributed by atoms with Gasteiger partial charge >= 0.3 is 5.97 Å². The molecule has 6 heteroatoms. The highest BCUT2D eigenvalue weighted by molar-refractivity contribution is 7.90. The van der Waals surface area contributed by atoms with Crippen molar-refractivity contribution in [2.45, 2.75) is 58.3 Å². The van der Waals surface area contributed by atoms with Crippen molar-refractivity contribution < 1.29 is 18.3 Å². The maximum Gasteiger partial charge on any atom is 0.320 e. The van der Waals surface area contributed by atoms with Crippen LogP contribution in [0.1, 0.15) is 58.3 Å². The lowest BCUT2D eigenvalue weighted by molar-refractivity contribution is -0.134. The number of nitrogens with one attached hydrogen (secondary N) is 1. The second-order valence-corrected chi connectivity index (χ2v) is 6.33. The van der Waals surface area contributed by atoms with Gasteiger partial charge in [-0.2, -0.15) is 0 Å². The molecule has 0 atom stereocenters. The molecule has 0 fully saturated rings. The van der Waals surface area contributed by atoms with Gasteiger partial charge in [0.25, 0.3) is 0 Å². The van der Waals surface area contributed by atoms with Crippen LogP contribution in [-0.4, -0.2) is 31.8 Å². The molecule has 0 bridgehead atoms. The maximum absolute atomic E-state index is 11.2. The summed E-state index contributed by atoms with van der Waals surface area (Å²) in [6.07, 6.45) is 9.13. The number of unbranched alkanes of at least 4 members (excludes halogenated alkanes) is 7. The minimum atomic E-state index is -3.64. The van der Waals surface area contributed by atoms with Gasteiger partial charge in [-0.05, 0) is 6.42 Å². The molecule has 0 unspecified atom stereocenters. The van der Waals surface area contributed by atoms with Gasteiger partial charge in [-0.3, -0.25) is 4.79 Å². The summed E-state index contributed by atoms with van der Waals surface area (Å²) in [4.78, 5) is 10.3. The van der Waals surface area contributed by atoms with Crippen LogP contribution in [0.2, 0.25) is 0 Å². The molecule has 0 spiro atoms. The van der Waals surface area contributed by atoms with Crippen LogP contribution < -0.4 is 4.72 Å². The number of carboxylic acids is 1. The molecule has 0 amide bonds. The molecule has 108 valence electrons. The first kappa shape index (κ1) is 17.4. The quantitative estimate of drug-likeness (QED) is 0.536. The minimum absolute atomic E-state index is 0.338. The van der Waals surface area contributed by atoms with Crippen molar-refractivity contribution in [1.29, 1.82) is 0 Å². The Balaban J connectivity index is 3.37. The van der Waals surface area contributed by atoms with Gasteiger partial charge in [0, 0.05) is 6.54 Å². The van der Waals surface area contributed by atoms with Gasteiger partial charge in [0.05, 0.1) is 0 Å². The molecule has 2 N–H and O–H groups in total. The number of hydrogen-bond acceptors (Lipinski definition) is 3. The summed E-state index contributed by atoms with van der Waals surface area (Å²) in [6, 6.07) is 0. The highest BCUT2D eigenvalue weighted by atomic mass is 32.2. The predicted octanol–water partition coefficient (Wildman–Crippen LogP) is 2.13. The van der Waals surface area contributed by atoms with Crippen molar-refractivity contribution in [2.75, 3.05) is 12.3 Å². The Morgan fingerprint density at radius 2 is 1.50 bits per heavy atom. The topological polar surface area (TPSA) is 83.5 Å². The van der Waals surface area contributed by atoms with Gasteiger partial charge in [-0.15, -0.1) is 0 Å².